The zero-order valence-corrected chi connectivity index (χ0v) is 20.2. The molecule has 1 heterocycles. The Hall–Kier alpha value is -2.55. The molecule has 0 atom stereocenters. The summed E-state index contributed by atoms with van der Waals surface area (Å²) < 4.78 is 27.6. The Labute approximate surface area is 198 Å². The lowest BCUT2D eigenvalue weighted by atomic mass is 9.94. The summed E-state index contributed by atoms with van der Waals surface area (Å²) in [7, 11) is -1.92. The maximum Gasteiger partial charge on any atom is 0.257 e. The number of carbonyl (C=O) groups excluding carboxylic acids is 1. The first kappa shape index (κ1) is 22.3. The second-order valence-corrected chi connectivity index (χ2v) is 11.8. The lowest BCUT2D eigenvalue weighted by Crippen LogP contribution is -2.38. The first-order valence-corrected chi connectivity index (χ1v) is 13.7. The van der Waals surface area contributed by atoms with E-state index in [4.69, 9.17) is 0 Å². The number of rotatable bonds is 5. The number of benzene rings is 2. The lowest BCUT2D eigenvalue weighted by Gasteiger charge is -2.30. The standard InChI is InChI=1S/C25H27N3O3S2/c1-28(19-8-3-2-4-9-19)33(30,31)20-14-11-18(12-15-20)24(29)27-25-26-23-21-10-6-5-7-17(21)13-16-22(23)32-25/h5-7,10-12,14-15,19H,2-4,8-9,13,16H2,1H3,(H,26,27,29). The van der Waals surface area contributed by atoms with Crippen LogP contribution in [0.4, 0.5) is 5.13 Å². The molecular weight excluding hydrogens is 454 g/mol. The third-order valence-corrected chi connectivity index (χ3v) is 9.65. The van der Waals surface area contributed by atoms with Crippen molar-refractivity contribution in [3.8, 4) is 11.3 Å². The minimum atomic E-state index is -3.58. The molecule has 0 aliphatic heterocycles. The van der Waals surface area contributed by atoms with Crippen LogP contribution in [0.15, 0.2) is 53.4 Å². The van der Waals surface area contributed by atoms with E-state index >= 15 is 0 Å². The zero-order valence-electron chi connectivity index (χ0n) is 18.6. The largest absolute Gasteiger partial charge is 0.298 e. The molecule has 1 saturated carbocycles. The molecule has 6 nitrogen and oxygen atoms in total. The van der Waals surface area contributed by atoms with Crippen molar-refractivity contribution in [3.63, 3.8) is 0 Å². The molecule has 0 radical (unpaired) electrons. The monoisotopic (exact) mass is 481 g/mol. The first-order valence-electron chi connectivity index (χ1n) is 11.4. The van der Waals surface area contributed by atoms with E-state index in [0.717, 1.165) is 49.8 Å². The van der Waals surface area contributed by atoms with Gasteiger partial charge < -0.3 is 0 Å². The normalized spacial score (nSPS) is 16.3. The van der Waals surface area contributed by atoms with Gasteiger partial charge in [0.1, 0.15) is 0 Å². The molecule has 33 heavy (non-hydrogen) atoms. The number of aryl methyl sites for hydroxylation is 2. The maximum absolute atomic E-state index is 13.0. The van der Waals surface area contributed by atoms with Gasteiger partial charge in [0.15, 0.2) is 5.13 Å². The average molecular weight is 482 g/mol. The zero-order chi connectivity index (χ0) is 23.0. The molecular formula is C25H27N3O3S2. The number of anilines is 1. The van der Waals surface area contributed by atoms with Gasteiger partial charge in [0.25, 0.3) is 5.91 Å². The first-order chi connectivity index (χ1) is 15.9. The third-order valence-electron chi connectivity index (χ3n) is 6.69. The Morgan fingerprint density at radius 3 is 2.52 bits per heavy atom. The van der Waals surface area contributed by atoms with E-state index in [-0.39, 0.29) is 16.8 Å². The molecule has 1 fully saturated rings. The Balaban J connectivity index is 1.30. The van der Waals surface area contributed by atoms with Crippen LogP contribution in [0.1, 0.15) is 52.9 Å². The van der Waals surface area contributed by atoms with Gasteiger partial charge in [0, 0.05) is 29.1 Å². The minimum absolute atomic E-state index is 0.0489. The van der Waals surface area contributed by atoms with Crippen molar-refractivity contribution >= 4 is 32.4 Å². The van der Waals surface area contributed by atoms with Crippen LogP contribution < -0.4 is 5.32 Å². The van der Waals surface area contributed by atoms with Crippen molar-refractivity contribution in [2.24, 2.45) is 0 Å². The molecule has 2 aliphatic carbocycles. The highest BCUT2D eigenvalue weighted by atomic mass is 32.2. The second kappa shape index (κ2) is 9.00. The quantitative estimate of drug-likeness (QED) is 0.549. The summed E-state index contributed by atoms with van der Waals surface area (Å²) in [6, 6.07) is 14.5. The van der Waals surface area contributed by atoms with Crippen LogP contribution in [-0.2, 0) is 22.9 Å². The van der Waals surface area contributed by atoms with Gasteiger partial charge in [-0.3, -0.25) is 10.1 Å². The van der Waals surface area contributed by atoms with Gasteiger partial charge in [-0.25, -0.2) is 13.4 Å². The number of fused-ring (bicyclic) bond motifs is 3. The Bertz CT molecular complexity index is 1280. The summed E-state index contributed by atoms with van der Waals surface area (Å²) in [4.78, 5) is 18.9. The van der Waals surface area contributed by atoms with Crippen LogP contribution in [-0.4, -0.2) is 36.7 Å². The van der Waals surface area contributed by atoms with E-state index in [1.807, 2.05) is 12.1 Å². The number of amides is 1. The smallest absolute Gasteiger partial charge is 0.257 e. The molecule has 5 rings (SSSR count). The van der Waals surface area contributed by atoms with E-state index in [0.29, 0.717) is 10.7 Å². The molecule has 1 amide bonds. The number of nitrogens with zero attached hydrogens (tertiary/aromatic N) is 2. The van der Waals surface area contributed by atoms with Gasteiger partial charge in [-0.1, -0.05) is 43.5 Å². The average Bonchev–Trinajstić information content (AvgIpc) is 3.27. The fourth-order valence-electron chi connectivity index (χ4n) is 4.76. The fourth-order valence-corrected chi connectivity index (χ4v) is 7.14. The molecule has 172 valence electrons. The van der Waals surface area contributed by atoms with Crippen LogP contribution in [0.3, 0.4) is 0 Å². The topological polar surface area (TPSA) is 79.4 Å². The highest BCUT2D eigenvalue weighted by Crippen LogP contribution is 2.38. The molecule has 2 aromatic carbocycles. The van der Waals surface area contributed by atoms with E-state index in [9.17, 15) is 13.2 Å². The predicted molar refractivity (Wildman–Crippen MR) is 131 cm³/mol. The predicted octanol–water partition coefficient (Wildman–Crippen LogP) is 5.11. The summed E-state index contributed by atoms with van der Waals surface area (Å²) in [5, 5.41) is 3.45. The van der Waals surface area contributed by atoms with Gasteiger partial charge in [-0.15, -0.1) is 11.3 Å². The van der Waals surface area contributed by atoms with Crippen molar-refractivity contribution in [1.29, 1.82) is 0 Å². The van der Waals surface area contributed by atoms with Crippen molar-refractivity contribution in [1.82, 2.24) is 9.29 Å². The number of sulfonamides is 1. The van der Waals surface area contributed by atoms with Gasteiger partial charge in [-0.2, -0.15) is 4.31 Å². The Morgan fingerprint density at radius 2 is 1.76 bits per heavy atom. The second-order valence-electron chi connectivity index (χ2n) is 8.74. The highest BCUT2D eigenvalue weighted by Gasteiger charge is 2.29. The third kappa shape index (κ3) is 4.35. The number of nitrogens with one attached hydrogen (secondary N) is 1. The van der Waals surface area contributed by atoms with Crippen LogP contribution in [0.5, 0.6) is 0 Å². The van der Waals surface area contributed by atoms with Crippen molar-refractivity contribution in [2.75, 3.05) is 12.4 Å². The number of hydrogen-bond donors (Lipinski definition) is 1. The SMILES string of the molecule is CN(C1CCCCC1)S(=O)(=O)c1ccc(C(=O)Nc2nc3c(s2)CCc2ccccc2-3)cc1. The number of thiazole rings is 1. The molecule has 1 N–H and O–H groups in total. The summed E-state index contributed by atoms with van der Waals surface area (Å²) in [6.07, 6.45) is 7.00. The highest BCUT2D eigenvalue weighted by molar-refractivity contribution is 7.89. The number of hydrogen-bond acceptors (Lipinski definition) is 5. The van der Waals surface area contributed by atoms with E-state index in [1.54, 1.807) is 19.2 Å². The number of aromatic nitrogens is 1. The molecule has 0 bridgehead atoms. The summed E-state index contributed by atoms with van der Waals surface area (Å²) in [5.74, 6) is -0.293. The molecule has 0 saturated heterocycles. The molecule has 2 aliphatic rings. The van der Waals surface area contributed by atoms with Gasteiger partial charge >= 0.3 is 0 Å². The summed E-state index contributed by atoms with van der Waals surface area (Å²) >= 11 is 1.50. The molecule has 3 aromatic rings. The molecule has 8 heteroatoms. The van der Waals surface area contributed by atoms with Crippen LogP contribution >= 0.6 is 11.3 Å². The lowest BCUT2D eigenvalue weighted by molar-refractivity contribution is 0.102. The van der Waals surface area contributed by atoms with E-state index in [1.165, 1.54) is 44.6 Å². The van der Waals surface area contributed by atoms with E-state index < -0.39 is 10.0 Å². The summed E-state index contributed by atoms with van der Waals surface area (Å²) in [5.41, 5.74) is 3.77. The van der Waals surface area contributed by atoms with Crippen LogP contribution in [0.2, 0.25) is 0 Å². The number of carbonyl (C=O) groups is 1. The Kier molecular flexibility index (Phi) is 6.07. The van der Waals surface area contributed by atoms with Crippen molar-refractivity contribution in [3.05, 3.63) is 64.5 Å². The fraction of sp³-hybridized carbons (Fsp3) is 0.360. The van der Waals surface area contributed by atoms with Gasteiger partial charge in [0.05, 0.1) is 10.6 Å². The van der Waals surface area contributed by atoms with Gasteiger partial charge in [-0.05, 0) is 55.5 Å². The summed E-state index contributed by atoms with van der Waals surface area (Å²) in [6.45, 7) is 0. The Morgan fingerprint density at radius 1 is 1.03 bits per heavy atom. The maximum atomic E-state index is 13.0. The van der Waals surface area contributed by atoms with Gasteiger partial charge in [0.2, 0.25) is 10.0 Å². The van der Waals surface area contributed by atoms with Crippen LogP contribution in [0, 0.1) is 0 Å². The molecule has 0 spiro atoms. The molecule has 1 aromatic heterocycles. The van der Waals surface area contributed by atoms with E-state index in [2.05, 4.69) is 22.4 Å². The van der Waals surface area contributed by atoms with Crippen molar-refractivity contribution < 1.29 is 13.2 Å². The van der Waals surface area contributed by atoms with Crippen molar-refractivity contribution in [2.45, 2.75) is 55.9 Å². The minimum Gasteiger partial charge on any atom is -0.298 e. The molecule has 0 unspecified atom stereocenters. The van der Waals surface area contributed by atoms with Crippen LogP contribution in [0.25, 0.3) is 11.3 Å².